The van der Waals surface area contributed by atoms with E-state index in [9.17, 15) is 4.79 Å². The number of benzene rings is 2. The van der Waals surface area contributed by atoms with Crippen molar-refractivity contribution in [3.8, 4) is 11.5 Å². The Bertz CT molecular complexity index is 894. The van der Waals surface area contributed by atoms with Crippen molar-refractivity contribution in [1.82, 2.24) is 15.3 Å². The molecule has 4 rings (SSSR count). The summed E-state index contributed by atoms with van der Waals surface area (Å²) in [4.78, 5) is 14.8. The van der Waals surface area contributed by atoms with Gasteiger partial charge in [0, 0.05) is 12.4 Å². The van der Waals surface area contributed by atoms with Crippen molar-refractivity contribution >= 4 is 5.91 Å². The van der Waals surface area contributed by atoms with E-state index in [1.807, 2.05) is 35.6 Å². The molecule has 28 heavy (non-hydrogen) atoms. The maximum Gasteiger partial charge on any atom is 0.251 e. The second-order valence-corrected chi connectivity index (χ2v) is 7.20. The molecule has 2 aliphatic heterocycles. The van der Waals surface area contributed by atoms with E-state index >= 15 is 0 Å². The largest absolute Gasteiger partial charge is 0.493 e. The number of hydrogen-bond donors (Lipinski definition) is 1. The molecule has 0 bridgehead atoms. The van der Waals surface area contributed by atoms with Gasteiger partial charge in [0.05, 0.1) is 26.8 Å². The molecule has 1 fully saturated rings. The predicted octanol–water partition coefficient (Wildman–Crippen LogP) is 3.15. The van der Waals surface area contributed by atoms with Crippen LogP contribution in [0.4, 0.5) is 0 Å². The Morgan fingerprint density at radius 2 is 1.79 bits per heavy atom. The maximum atomic E-state index is 13.0. The van der Waals surface area contributed by atoms with Crippen molar-refractivity contribution in [3.63, 3.8) is 0 Å². The molecule has 2 aromatic rings. The zero-order valence-electron chi connectivity index (χ0n) is 16.4. The second kappa shape index (κ2) is 7.56. The van der Waals surface area contributed by atoms with Gasteiger partial charge in [-0.3, -0.25) is 4.79 Å². The zero-order valence-corrected chi connectivity index (χ0v) is 16.4. The van der Waals surface area contributed by atoms with Crippen molar-refractivity contribution in [1.29, 1.82) is 0 Å². The van der Waals surface area contributed by atoms with Gasteiger partial charge in [0.2, 0.25) is 0 Å². The van der Waals surface area contributed by atoms with Crippen LogP contribution in [0.2, 0.25) is 0 Å². The third-order valence-electron chi connectivity index (χ3n) is 5.36. The van der Waals surface area contributed by atoms with Crippen LogP contribution in [0.25, 0.3) is 0 Å². The van der Waals surface area contributed by atoms with Crippen molar-refractivity contribution in [2.24, 2.45) is 0 Å². The molecule has 2 aromatic carbocycles. The van der Waals surface area contributed by atoms with E-state index in [4.69, 9.17) is 9.47 Å². The van der Waals surface area contributed by atoms with Gasteiger partial charge in [-0.05, 0) is 36.6 Å². The zero-order chi connectivity index (χ0) is 19.7. The molecule has 6 nitrogen and oxygen atoms in total. The second-order valence-electron chi connectivity index (χ2n) is 7.20. The number of amides is 1. The Morgan fingerprint density at radius 3 is 2.50 bits per heavy atom. The van der Waals surface area contributed by atoms with Crippen LogP contribution in [0.15, 0.2) is 54.9 Å². The maximum absolute atomic E-state index is 13.0. The summed E-state index contributed by atoms with van der Waals surface area (Å²) in [6.07, 6.45) is 4.49. The highest BCUT2D eigenvalue weighted by Crippen LogP contribution is 2.35. The third kappa shape index (κ3) is 3.43. The van der Waals surface area contributed by atoms with Crippen molar-refractivity contribution < 1.29 is 14.3 Å². The van der Waals surface area contributed by atoms with Gasteiger partial charge in [-0.1, -0.05) is 35.9 Å². The minimum Gasteiger partial charge on any atom is -0.493 e. The fourth-order valence-corrected chi connectivity index (χ4v) is 3.74. The molecule has 1 N–H and O–H groups in total. The van der Waals surface area contributed by atoms with Crippen LogP contribution in [0.5, 0.6) is 11.5 Å². The molecule has 2 aliphatic rings. The Labute approximate surface area is 165 Å². The van der Waals surface area contributed by atoms with E-state index in [1.54, 1.807) is 19.1 Å². The number of nitrogens with one attached hydrogen (secondary N) is 1. The van der Waals surface area contributed by atoms with E-state index < -0.39 is 0 Å². The first-order valence-electron chi connectivity index (χ1n) is 9.40. The lowest BCUT2D eigenvalue weighted by Crippen LogP contribution is -2.47. The molecule has 2 heterocycles. The van der Waals surface area contributed by atoms with Gasteiger partial charge in [0.25, 0.3) is 5.91 Å². The average molecular weight is 379 g/mol. The van der Waals surface area contributed by atoms with Gasteiger partial charge in [0.15, 0.2) is 11.5 Å². The molecule has 2 atom stereocenters. The van der Waals surface area contributed by atoms with Gasteiger partial charge >= 0.3 is 0 Å². The van der Waals surface area contributed by atoms with E-state index in [2.05, 4.69) is 36.6 Å². The summed E-state index contributed by atoms with van der Waals surface area (Å²) in [5, 5.41) is 1.91. The molecule has 6 heteroatoms. The first kappa shape index (κ1) is 18.4. The molecule has 0 spiro atoms. The number of rotatable bonds is 5. The number of carbonyl (C=O) groups is 1. The van der Waals surface area contributed by atoms with Crippen LogP contribution in [0.3, 0.4) is 0 Å². The van der Waals surface area contributed by atoms with Gasteiger partial charge in [-0.25, -0.2) is 5.43 Å². The minimum atomic E-state index is -0.214. The summed E-state index contributed by atoms with van der Waals surface area (Å²) < 4.78 is 10.7. The molecule has 1 saturated heterocycles. The van der Waals surface area contributed by atoms with Crippen LogP contribution >= 0.6 is 0 Å². The number of aryl methyl sites for hydroxylation is 1. The highest BCUT2D eigenvalue weighted by atomic mass is 16.5. The number of hydrazine groups is 1. The molecule has 0 aliphatic carbocycles. The molecule has 0 aromatic heterocycles. The molecule has 1 amide bonds. The van der Waals surface area contributed by atoms with Crippen molar-refractivity contribution in [3.05, 3.63) is 71.6 Å². The summed E-state index contributed by atoms with van der Waals surface area (Å²) in [6.45, 7) is 2.65. The number of ether oxygens (including phenoxy) is 2. The Hall–Kier alpha value is -2.99. The molecular formula is C22H25N3O3. The number of fused-ring (bicyclic) bond motifs is 1. The smallest absolute Gasteiger partial charge is 0.251 e. The summed E-state index contributed by atoms with van der Waals surface area (Å²) in [5.41, 5.74) is 6.83. The van der Waals surface area contributed by atoms with E-state index in [0.717, 1.165) is 11.1 Å². The van der Waals surface area contributed by atoms with Crippen molar-refractivity contribution in [2.45, 2.75) is 32.0 Å². The van der Waals surface area contributed by atoms with Crippen LogP contribution in [0.1, 0.15) is 29.2 Å². The highest BCUT2D eigenvalue weighted by Gasteiger charge is 2.40. The fourth-order valence-electron chi connectivity index (χ4n) is 3.74. The Kier molecular flexibility index (Phi) is 4.96. The molecule has 146 valence electrons. The third-order valence-corrected chi connectivity index (χ3v) is 5.36. The van der Waals surface area contributed by atoms with Crippen LogP contribution in [-0.2, 0) is 11.3 Å². The predicted molar refractivity (Wildman–Crippen MR) is 107 cm³/mol. The summed E-state index contributed by atoms with van der Waals surface area (Å²) in [7, 11) is 3.25. The number of nitrogens with zero attached hydrogens (tertiary/aromatic N) is 2. The lowest BCUT2D eigenvalue weighted by atomic mass is 10.00. The first-order chi connectivity index (χ1) is 13.6. The lowest BCUT2D eigenvalue weighted by molar-refractivity contribution is -0.134. The van der Waals surface area contributed by atoms with Crippen LogP contribution < -0.4 is 14.9 Å². The van der Waals surface area contributed by atoms with Gasteiger partial charge < -0.3 is 19.4 Å². The van der Waals surface area contributed by atoms with Crippen LogP contribution in [0, 0.1) is 6.92 Å². The molecule has 0 radical (unpaired) electrons. The summed E-state index contributed by atoms with van der Waals surface area (Å²) in [5.74, 6) is 1.50. The number of hydrogen-bond acceptors (Lipinski definition) is 5. The van der Waals surface area contributed by atoms with Gasteiger partial charge in [-0.15, -0.1) is 0 Å². The molecule has 0 saturated carbocycles. The minimum absolute atomic E-state index is 0.0396. The average Bonchev–Trinajstić information content (AvgIpc) is 3.16. The SMILES string of the molecule is COc1ccc(C2CC3C(=O)N(Cc4ccc(C)cc4)C=CN3N2)cc1OC. The molecular weight excluding hydrogens is 354 g/mol. The highest BCUT2D eigenvalue weighted by molar-refractivity contribution is 5.84. The summed E-state index contributed by atoms with van der Waals surface area (Å²) in [6, 6.07) is 14.0. The Morgan fingerprint density at radius 1 is 1.04 bits per heavy atom. The lowest BCUT2D eigenvalue weighted by Gasteiger charge is -2.31. The quantitative estimate of drug-likeness (QED) is 0.865. The fraction of sp³-hybridized carbons (Fsp3) is 0.318. The summed E-state index contributed by atoms with van der Waals surface area (Å²) >= 11 is 0. The van der Waals surface area contributed by atoms with Crippen LogP contribution in [-0.4, -0.2) is 36.1 Å². The normalized spacial score (nSPS) is 21.0. The van der Waals surface area contributed by atoms with Crippen molar-refractivity contribution in [2.75, 3.05) is 14.2 Å². The topological polar surface area (TPSA) is 54.0 Å². The van der Waals surface area contributed by atoms with E-state index in [0.29, 0.717) is 24.5 Å². The standard InChI is InChI=1S/C22H25N3O3/c1-15-4-6-16(7-5-15)14-24-10-11-25-19(22(24)26)13-18(23-25)17-8-9-20(27-2)21(12-17)28-3/h4-12,18-19,23H,13-14H2,1-3H3. The monoisotopic (exact) mass is 379 g/mol. The molecule has 2 unspecified atom stereocenters. The van der Waals surface area contributed by atoms with E-state index in [1.165, 1.54) is 5.56 Å². The van der Waals surface area contributed by atoms with Gasteiger partial charge in [-0.2, -0.15) is 0 Å². The van der Waals surface area contributed by atoms with E-state index in [-0.39, 0.29) is 18.0 Å². The Balaban J connectivity index is 1.48. The first-order valence-corrected chi connectivity index (χ1v) is 9.40. The number of carbonyl (C=O) groups excluding carboxylic acids is 1. The van der Waals surface area contributed by atoms with Gasteiger partial charge in [0.1, 0.15) is 6.04 Å². The number of methoxy groups -OCH3 is 2.